The number of rotatable bonds is 5. The molecule has 0 saturated heterocycles. The SMILES string of the molecule is COc1cc(F)c(-c2ccc3cnc(Nc4cnccc4[C@@H]4CCC[C@H](N)C4)n3n2)c(F)c1. The van der Waals surface area contributed by atoms with E-state index in [-0.39, 0.29) is 23.0 Å². The molecule has 0 unspecified atom stereocenters. The van der Waals surface area contributed by atoms with Crippen LogP contribution in [0.1, 0.15) is 37.2 Å². The third kappa shape index (κ3) is 4.11. The maximum absolute atomic E-state index is 14.6. The quantitative estimate of drug-likeness (QED) is 0.454. The van der Waals surface area contributed by atoms with E-state index in [1.54, 1.807) is 30.7 Å². The molecule has 1 aliphatic carbocycles. The van der Waals surface area contributed by atoms with E-state index < -0.39 is 11.6 Å². The van der Waals surface area contributed by atoms with Crippen LogP contribution in [0.4, 0.5) is 20.4 Å². The lowest BCUT2D eigenvalue weighted by atomic mass is 9.81. The molecular weight excluding hydrogens is 426 g/mol. The zero-order valence-electron chi connectivity index (χ0n) is 18.1. The number of aromatic nitrogens is 4. The van der Waals surface area contributed by atoms with Gasteiger partial charge in [0.2, 0.25) is 5.95 Å². The molecule has 0 radical (unpaired) electrons. The van der Waals surface area contributed by atoms with Crippen molar-refractivity contribution < 1.29 is 13.5 Å². The van der Waals surface area contributed by atoms with Crippen LogP contribution < -0.4 is 15.8 Å². The van der Waals surface area contributed by atoms with E-state index in [4.69, 9.17) is 10.5 Å². The van der Waals surface area contributed by atoms with Crippen LogP contribution in [0.5, 0.6) is 5.75 Å². The van der Waals surface area contributed by atoms with Gasteiger partial charge in [-0.3, -0.25) is 4.98 Å². The van der Waals surface area contributed by atoms with Crippen molar-refractivity contribution in [3.8, 4) is 17.0 Å². The van der Waals surface area contributed by atoms with Gasteiger partial charge in [-0.25, -0.2) is 13.8 Å². The van der Waals surface area contributed by atoms with Gasteiger partial charge in [0.25, 0.3) is 0 Å². The first-order valence-corrected chi connectivity index (χ1v) is 10.9. The molecule has 2 atom stereocenters. The number of nitrogens with two attached hydrogens (primary N) is 1. The molecule has 33 heavy (non-hydrogen) atoms. The maximum atomic E-state index is 14.6. The summed E-state index contributed by atoms with van der Waals surface area (Å²) in [6, 6.07) is 7.74. The maximum Gasteiger partial charge on any atom is 0.229 e. The summed E-state index contributed by atoms with van der Waals surface area (Å²) in [7, 11) is 1.36. The fourth-order valence-electron chi connectivity index (χ4n) is 4.51. The van der Waals surface area contributed by atoms with Gasteiger partial charge in [-0.1, -0.05) is 6.42 Å². The molecule has 3 aromatic heterocycles. The smallest absolute Gasteiger partial charge is 0.229 e. The lowest BCUT2D eigenvalue weighted by Crippen LogP contribution is -2.27. The van der Waals surface area contributed by atoms with Gasteiger partial charge in [-0.2, -0.15) is 9.61 Å². The summed E-state index contributed by atoms with van der Waals surface area (Å²) in [6.07, 6.45) is 9.28. The first-order valence-electron chi connectivity index (χ1n) is 10.9. The Hall–Kier alpha value is -3.59. The van der Waals surface area contributed by atoms with Gasteiger partial charge in [0, 0.05) is 24.4 Å². The first-order chi connectivity index (χ1) is 16.0. The number of nitrogens with one attached hydrogen (secondary N) is 1. The molecule has 1 aliphatic rings. The number of hydrogen-bond donors (Lipinski definition) is 2. The molecule has 5 rings (SSSR count). The Morgan fingerprint density at radius 3 is 2.70 bits per heavy atom. The van der Waals surface area contributed by atoms with Gasteiger partial charge >= 0.3 is 0 Å². The average Bonchev–Trinajstić information content (AvgIpc) is 3.21. The van der Waals surface area contributed by atoms with Crippen molar-refractivity contribution in [3.05, 3.63) is 66.1 Å². The second-order valence-electron chi connectivity index (χ2n) is 8.31. The fourth-order valence-corrected chi connectivity index (χ4v) is 4.51. The number of halogens is 2. The molecule has 7 nitrogen and oxygen atoms in total. The lowest BCUT2D eigenvalue weighted by molar-refractivity contribution is 0.394. The Balaban J connectivity index is 1.52. The number of benzene rings is 1. The van der Waals surface area contributed by atoms with Crippen molar-refractivity contribution in [1.29, 1.82) is 0 Å². The van der Waals surface area contributed by atoms with Crippen LogP contribution in [0.2, 0.25) is 0 Å². The summed E-state index contributed by atoms with van der Waals surface area (Å²) in [6.45, 7) is 0. The molecule has 4 aromatic rings. The molecule has 0 aliphatic heterocycles. The number of methoxy groups -OCH3 is 1. The molecule has 1 aromatic carbocycles. The van der Waals surface area contributed by atoms with E-state index in [0.29, 0.717) is 17.4 Å². The average molecular weight is 450 g/mol. The summed E-state index contributed by atoms with van der Waals surface area (Å²) in [5.74, 6) is -0.647. The van der Waals surface area contributed by atoms with Crippen LogP contribution in [-0.2, 0) is 0 Å². The zero-order valence-corrected chi connectivity index (χ0v) is 18.1. The van der Waals surface area contributed by atoms with E-state index in [9.17, 15) is 8.78 Å². The van der Waals surface area contributed by atoms with Crippen molar-refractivity contribution in [1.82, 2.24) is 19.6 Å². The molecule has 0 bridgehead atoms. The fraction of sp³-hybridized carbons (Fsp3) is 0.292. The Kier molecular flexibility index (Phi) is 5.63. The van der Waals surface area contributed by atoms with Crippen molar-refractivity contribution in [2.24, 2.45) is 5.73 Å². The summed E-state index contributed by atoms with van der Waals surface area (Å²) < 4.78 is 35.7. The van der Waals surface area contributed by atoms with Gasteiger partial charge in [-0.15, -0.1) is 0 Å². The van der Waals surface area contributed by atoms with Crippen molar-refractivity contribution in [2.45, 2.75) is 37.6 Å². The van der Waals surface area contributed by atoms with Crippen LogP contribution in [-0.4, -0.2) is 32.7 Å². The van der Waals surface area contributed by atoms with E-state index in [2.05, 4.69) is 20.4 Å². The van der Waals surface area contributed by atoms with E-state index in [0.717, 1.165) is 49.1 Å². The van der Waals surface area contributed by atoms with E-state index in [1.165, 1.54) is 11.6 Å². The standard InChI is InChI=1S/C24H24F2N6O/c1-33-17-10-19(25)23(20(26)11-17)21-6-5-16-12-29-24(32(16)31-21)30-22-13-28-8-7-18(22)14-3-2-4-15(27)9-14/h5-8,10-15H,2-4,9,27H2,1H3,(H,29,30)/t14-,15+/m1/s1. The molecule has 0 amide bonds. The van der Waals surface area contributed by atoms with Crippen LogP contribution in [0.3, 0.4) is 0 Å². The first kappa shape index (κ1) is 21.3. The van der Waals surface area contributed by atoms with Crippen molar-refractivity contribution in [3.63, 3.8) is 0 Å². The predicted molar refractivity (Wildman–Crippen MR) is 122 cm³/mol. The minimum atomic E-state index is -0.753. The number of pyridine rings is 1. The highest BCUT2D eigenvalue weighted by Gasteiger charge is 2.23. The summed E-state index contributed by atoms with van der Waals surface area (Å²) in [4.78, 5) is 8.69. The summed E-state index contributed by atoms with van der Waals surface area (Å²) >= 11 is 0. The normalized spacial score (nSPS) is 18.4. The molecule has 9 heteroatoms. The highest BCUT2D eigenvalue weighted by molar-refractivity contribution is 5.66. The largest absolute Gasteiger partial charge is 0.497 e. The topological polar surface area (TPSA) is 90.4 Å². The monoisotopic (exact) mass is 450 g/mol. The van der Waals surface area contributed by atoms with Crippen molar-refractivity contribution in [2.75, 3.05) is 12.4 Å². The van der Waals surface area contributed by atoms with Gasteiger partial charge in [-0.05, 0) is 48.9 Å². The number of fused-ring (bicyclic) bond motifs is 1. The number of nitrogens with zero attached hydrogens (tertiary/aromatic N) is 4. The Labute approximate surface area is 189 Å². The number of hydrogen-bond acceptors (Lipinski definition) is 6. The van der Waals surface area contributed by atoms with Gasteiger partial charge in [0.15, 0.2) is 0 Å². The predicted octanol–water partition coefficient (Wildman–Crippen LogP) is 4.81. The molecular formula is C24H24F2N6O. The third-order valence-electron chi connectivity index (χ3n) is 6.15. The minimum absolute atomic E-state index is 0.103. The Morgan fingerprint density at radius 2 is 1.94 bits per heavy atom. The van der Waals surface area contributed by atoms with Gasteiger partial charge in [0.05, 0.1) is 42.0 Å². The summed E-state index contributed by atoms with van der Waals surface area (Å²) in [5, 5.41) is 7.78. The van der Waals surface area contributed by atoms with E-state index >= 15 is 0 Å². The second kappa shape index (κ2) is 8.74. The summed E-state index contributed by atoms with van der Waals surface area (Å²) in [5.41, 5.74) is 8.75. The zero-order chi connectivity index (χ0) is 22.9. The highest BCUT2D eigenvalue weighted by Crippen LogP contribution is 2.36. The molecule has 3 heterocycles. The molecule has 1 fully saturated rings. The second-order valence-corrected chi connectivity index (χ2v) is 8.31. The van der Waals surface area contributed by atoms with Crippen LogP contribution in [0, 0.1) is 11.6 Å². The number of anilines is 2. The number of ether oxygens (including phenoxy) is 1. The van der Waals surface area contributed by atoms with Crippen LogP contribution >= 0.6 is 0 Å². The van der Waals surface area contributed by atoms with Gasteiger partial charge < -0.3 is 15.8 Å². The minimum Gasteiger partial charge on any atom is -0.497 e. The Morgan fingerprint density at radius 1 is 1.12 bits per heavy atom. The Bertz CT molecular complexity index is 1280. The van der Waals surface area contributed by atoms with Crippen molar-refractivity contribution >= 4 is 17.2 Å². The molecule has 0 spiro atoms. The molecule has 3 N–H and O–H groups in total. The van der Waals surface area contributed by atoms with E-state index in [1.807, 2.05) is 6.07 Å². The lowest BCUT2D eigenvalue weighted by Gasteiger charge is -2.28. The van der Waals surface area contributed by atoms with Crippen LogP contribution in [0.25, 0.3) is 16.8 Å². The third-order valence-corrected chi connectivity index (χ3v) is 6.15. The molecule has 1 saturated carbocycles. The van der Waals surface area contributed by atoms with Gasteiger partial charge in [0.1, 0.15) is 17.4 Å². The highest BCUT2D eigenvalue weighted by atomic mass is 19.1. The molecule has 170 valence electrons. The van der Waals surface area contributed by atoms with Crippen LogP contribution in [0.15, 0.2) is 48.9 Å². The number of imidazole rings is 1.